The molecule has 25 heavy (non-hydrogen) atoms. The van der Waals surface area contributed by atoms with Crippen LogP contribution in [0.4, 0.5) is 0 Å². The fourth-order valence-corrected chi connectivity index (χ4v) is 3.42. The smallest absolute Gasteiger partial charge is 0.230 e. The first kappa shape index (κ1) is 17.6. The number of imidazole rings is 1. The van der Waals surface area contributed by atoms with Crippen molar-refractivity contribution in [3.05, 3.63) is 77.1 Å². The number of aryl methyl sites for hydroxylation is 1. The second kappa shape index (κ2) is 8.23. The SMILES string of the molecule is Cc1cccc(-n2ccnc2SCC(=O)NCc2cccc(Cl)c2)c1. The normalized spacial score (nSPS) is 10.6. The van der Waals surface area contributed by atoms with E-state index in [0.29, 0.717) is 17.3 Å². The van der Waals surface area contributed by atoms with Crippen LogP contribution in [0.3, 0.4) is 0 Å². The van der Waals surface area contributed by atoms with Gasteiger partial charge in [0.25, 0.3) is 0 Å². The molecular weight excluding hydrogens is 354 g/mol. The molecule has 0 unspecified atom stereocenters. The van der Waals surface area contributed by atoms with Crippen molar-refractivity contribution in [3.63, 3.8) is 0 Å². The number of halogens is 1. The van der Waals surface area contributed by atoms with E-state index in [9.17, 15) is 4.79 Å². The number of amides is 1. The summed E-state index contributed by atoms with van der Waals surface area (Å²) in [4.78, 5) is 16.4. The van der Waals surface area contributed by atoms with Crippen molar-refractivity contribution < 1.29 is 4.79 Å². The van der Waals surface area contributed by atoms with Crippen molar-refractivity contribution in [2.75, 3.05) is 5.75 Å². The number of nitrogens with one attached hydrogen (secondary N) is 1. The fourth-order valence-electron chi connectivity index (χ4n) is 2.40. The van der Waals surface area contributed by atoms with Gasteiger partial charge >= 0.3 is 0 Å². The number of benzene rings is 2. The van der Waals surface area contributed by atoms with Crippen molar-refractivity contribution in [3.8, 4) is 5.69 Å². The highest BCUT2D eigenvalue weighted by molar-refractivity contribution is 7.99. The number of hydrogen-bond acceptors (Lipinski definition) is 3. The maximum atomic E-state index is 12.1. The van der Waals surface area contributed by atoms with Gasteiger partial charge in [-0.05, 0) is 42.3 Å². The summed E-state index contributed by atoms with van der Waals surface area (Å²) in [5.41, 5.74) is 3.20. The Morgan fingerprint density at radius 3 is 2.88 bits per heavy atom. The first-order chi connectivity index (χ1) is 12.1. The molecule has 0 saturated heterocycles. The largest absolute Gasteiger partial charge is 0.351 e. The predicted molar refractivity (Wildman–Crippen MR) is 102 cm³/mol. The lowest BCUT2D eigenvalue weighted by Crippen LogP contribution is -2.24. The third kappa shape index (κ3) is 4.87. The summed E-state index contributed by atoms with van der Waals surface area (Å²) in [7, 11) is 0. The summed E-state index contributed by atoms with van der Waals surface area (Å²) < 4.78 is 1.99. The Balaban J connectivity index is 1.57. The molecule has 0 bridgehead atoms. The molecule has 0 spiro atoms. The van der Waals surface area contributed by atoms with E-state index >= 15 is 0 Å². The summed E-state index contributed by atoms with van der Waals surface area (Å²) in [5, 5.41) is 4.36. The molecule has 0 saturated carbocycles. The standard InChI is InChI=1S/C19H18ClN3OS/c1-14-4-2-7-17(10-14)23-9-8-21-19(23)25-13-18(24)22-12-15-5-3-6-16(20)11-15/h2-11H,12-13H2,1H3,(H,22,24). The van der Waals surface area contributed by atoms with Gasteiger partial charge in [-0.3, -0.25) is 9.36 Å². The summed E-state index contributed by atoms with van der Waals surface area (Å²) in [6, 6.07) is 15.6. The Morgan fingerprint density at radius 1 is 1.24 bits per heavy atom. The molecule has 3 rings (SSSR count). The zero-order valence-corrected chi connectivity index (χ0v) is 15.3. The van der Waals surface area contributed by atoms with E-state index in [0.717, 1.165) is 16.4 Å². The van der Waals surface area contributed by atoms with E-state index in [4.69, 9.17) is 11.6 Å². The Labute approximate surface area is 156 Å². The summed E-state index contributed by atoms with van der Waals surface area (Å²) in [5.74, 6) is 0.271. The van der Waals surface area contributed by atoms with Crippen molar-refractivity contribution in [1.29, 1.82) is 0 Å². The van der Waals surface area contributed by atoms with Gasteiger partial charge in [-0.1, -0.05) is 47.6 Å². The number of nitrogens with zero attached hydrogens (tertiary/aromatic N) is 2. The number of aromatic nitrogens is 2. The number of carbonyl (C=O) groups excluding carboxylic acids is 1. The number of rotatable bonds is 6. The van der Waals surface area contributed by atoms with Gasteiger partial charge in [-0.15, -0.1) is 0 Å². The van der Waals surface area contributed by atoms with Crippen molar-refractivity contribution in [2.45, 2.75) is 18.6 Å². The second-order valence-corrected chi connectivity index (χ2v) is 6.99. The van der Waals surface area contributed by atoms with Gasteiger partial charge in [0.2, 0.25) is 5.91 Å². The van der Waals surface area contributed by atoms with Crippen LogP contribution in [0.5, 0.6) is 0 Å². The van der Waals surface area contributed by atoms with Gasteiger partial charge in [-0.2, -0.15) is 0 Å². The van der Waals surface area contributed by atoms with Crippen LogP contribution in [0.2, 0.25) is 5.02 Å². The molecule has 0 radical (unpaired) electrons. The van der Waals surface area contributed by atoms with E-state index in [1.807, 2.05) is 47.2 Å². The molecule has 0 aliphatic carbocycles. The molecule has 0 fully saturated rings. The average Bonchev–Trinajstić information content (AvgIpc) is 3.07. The van der Waals surface area contributed by atoms with Crippen LogP contribution in [0, 0.1) is 6.92 Å². The van der Waals surface area contributed by atoms with Gasteiger partial charge in [0.1, 0.15) is 0 Å². The highest BCUT2D eigenvalue weighted by Crippen LogP contribution is 2.21. The van der Waals surface area contributed by atoms with Gasteiger partial charge in [0, 0.05) is 29.6 Å². The zero-order valence-electron chi connectivity index (χ0n) is 13.8. The fraction of sp³-hybridized carbons (Fsp3) is 0.158. The number of thioether (sulfide) groups is 1. The highest BCUT2D eigenvalue weighted by Gasteiger charge is 2.09. The number of hydrogen-bond donors (Lipinski definition) is 1. The Kier molecular flexibility index (Phi) is 5.79. The molecule has 1 heterocycles. The van der Waals surface area contributed by atoms with Crippen LogP contribution in [0.1, 0.15) is 11.1 Å². The Bertz CT molecular complexity index is 878. The molecule has 0 atom stereocenters. The molecular formula is C19H18ClN3OS. The molecule has 1 amide bonds. The van der Waals surface area contributed by atoms with E-state index in [-0.39, 0.29) is 5.91 Å². The highest BCUT2D eigenvalue weighted by atomic mass is 35.5. The topological polar surface area (TPSA) is 46.9 Å². The van der Waals surface area contributed by atoms with Crippen LogP contribution in [-0.2, 0) is 11.3 Å². The second-order valence-electron chi connectivity index (χ2n) is 5.61. The van der Waals surface area contributed by atoms with Gasteiger partial charge < -0.3 is 5.32 Å². The minimum atomic E-state index is -0.0382. The van der Waals surface area contributed by atoms with E-state index in [2.05, 4.69) is 29.4 Å². The molecule has 0 aliphatic rings. The van der Waals surface area contributed by atoms with Gasteiger partial charge in [-0.25, -0.2) is 4.98 Å². The minimum absolute atomic E-state index is 0.0382. The van der Waals surface area contributed by atoms with Crippen LogP contribution in [-0.4, -0.2) is 21.2 Å². The first-order valence-corrected chi connectivity index (χ1v) is 9.22. The molecule has 2 aromatic carbocycles. The average molecular weight is 372 g/mol. The maximum Gasteiger partial charge on any atom is 0.230 e. The lowest BCUT2D eigenvalue weighted by atomic mass is 10.2. The van der Waals surface area contributed by atoms with E-state index in [1.165, 1.54) is 17.3 Å². The van der Waals surface area contributed by atoms with Crippen LogP contribution < -0.4 is 5.32 Å². The van der Waals surface area contributed by atoms with E-state index in [1.54, 1.807) is 6.20 Å². The Hall–Kier alpha value is -2.24. The maximum absolute atomic E-state index is 12.1. The third-order valence-electron chi connectivity index (χ3n) is 3.60. The molecule has 6 heteroatoms. The lowest BCUT2D eigenvalue weighted by molar-refractivity contribution is -0.118. The monoisotopic (exact) mass is 371 g/mol. The lowest BCUT2D eigenvalue weighted by Gasteiger charge is -2.09. The summed E-state index contributed by atoms with van der Waals surface area (Å²) in [6.45, 7) is 2.52. The quantitative estimate of drug-likeness (QED) is 0.659. The molecule has 4 nitrogen and oxygen atoms in total. The third-order valence-corrected chi connectivity index (χ3v) is 4.80. The van der Waals surface area contributed by atoms with Crippen LogP contribution in [0.25, 0.3) is 5.69 Å². The summed E-state index contributed by atoms with van der Waals surface area (Å²) in [6.07, 6.45) is 3.65. The van der Waals surface area contributed by atoms with Crippen molar-refractivity contribution >= 4 is 29.3 Å². The zero-order chi connectivity index (χ0) is 17.6. The summed E-state index contributed by atoms with van der Waals surface area (Å²) >= 11 is 7.36. The van der Waals surface area contributed by atoms with Crippen LogP contribution >= 0.6 is 23.4 Å². The number of carbonyl (C=O) groups is 1. The van der Waals surface area contributed by atoms with Gasteiger partial charge in [0.15, 0.2) is 5.16 Å². The molecule has 0 aliphatic heterocycles. The van der Waals surface area contributed by atoms with E-state index < -0.39 is 0 Å². The van der Waals surface area contributed by atoms with Crippen molar-refractivity contribution in [1.82, 2.24) is 14.9 Å². The minimum Gasteiger partial charge on any atom is -0.351 e. The Morgan fingerprint density at radius 2 is 2.08 bits per heavy atom. The molecule has 1 N–H and O–H groups in total. The first-order valence-electron chi connectivity index (χ1n) is 7.86. The molecule has 3 aromatic rings. The van der Waals surface area contributed by atoms with Gasteiger partial charge in [0.05, 0.1) is 5.75 Å². The predicted octanol–water partition coefficient (Wildman–Crippen LogP) is 4.24. The molecule has 128 valence electrons. The van der Waals surface area contributed by atoms with Crippen LogP contribution in [0.15, 0.2) is 66.1 Å². The van der Waals surface area contributed by atoms with Crippen molar-refractivity contribution in [2.24, 2.45) is 0 Å². The molecule has 1 aromatic heterocycles.